The van der Waals surface area contributed by atoms with Crippen molar-refractivity contribution in [2.45, 2.75) is 6.42 Å². The minimum absolute atomic E-state index is 0.0424. The van der Waals surface area contributed by atoms with E-state index in [1.165, 1.54) is 7.11 Å². The Morgan fingerprint density at radius 2 is 1.53 bits per heavy atom. The molecule has 0 spiro atoms. The zero-order valence-electron chi connectivity index (χ0n) is 26.3. The van der Waals surface area contributed by atoms with Crippen LogP contribution in [0, 0.1) is 0 Å². The van der Waals surface area contributed by atoms with Crippen LogP contribution in [-0.4, -0.2) is 114 Å². The number of aliphatic carboxylic acids is 2. The molecule has 5 rings (SSSR count). The lowest BCUT2D eigenvalue weighted by atomic mass is 10.00. The average Bonchev–Trinajstić information content (AvgIpc) is 3.38. The third-order valence-corrected chi connectivity index (χ3v) is 7.59. The summed E-state index contributed by atoms with van der Waals surface area (Å²) in [7, 11) is 5.22. The summed E-state index contributed by atoms with van der Waals surface area (Å²) in [6.45, 7) is 4.09. The Kier molecular flexibility index (Phi) is 11.4. The number of hydrogen-bond donors (Lipinski definition) is 4. The molecule has 0 saturated carbocycles. The minimum atomic E-state index is -1.31. The second kappa shape index (κ2) is 15.7. The Bertz CT molecular complexity index is 1750. The van der Waals surface area contributed by atoms with Gasteiger partial charge in [-0.05, 0) is 43.4 Å². The number of ether oxygens (including phenoxy) is 1. The lowest BCUT2D eigenvalue weighted by Crippen LogP contribution is -2.48. The SMILES string of the molecule is COC(=O)c1ccc2c(C(=Nc3ccc(N(C)C(=O)CN4CCN(C)CC4)cc3)c3ccccc3)c(O)[nH]c2c1.O=C(O)CC(=O)O. The van der Waals surface area contributed by atoms with Gasteiger partial charge < -0.3 is 34.8 Å². The third kappa shape index (κ3) is 9.02. The molecule has 246 valence electrons. The molecular weight excluding hydrogens is 606 g/mol. The minimum Gasteiger partial charge on any atom is -0.494 e. The number of esters is 1. The van der Waals surface area contributed by atoms with E-state index in [1.54, 1.807) is 30.1 Å². The Morgan fingerprint density at radius 1 is 0.894 bits per heavy atom. The fourth-order valence-electron chi connectivity index (χ4n) is 4.99. The van der Waals surface area contributed by atoms with Crippen molar-refractivity contribution in [2.75, 3.05) is 58.8 Å². The van der Waals surface area contributed by atoms with Crippen LogP contribution in [0.5, 0.6) is 5.88 Å². The van der Waals surface area contributed by atoms with E-state index in [0.29, 0.717) is 34.6 Å². The highest BCUT2D eigenvalue weighted by atomic mass is 16.5. The molecule has 47 heavy (non-hydrogen) atoms. The molecule has 13 nitrogen and oxygen atoms in total. The van der Waals surface area contributed by atoms with Crippen molar-refractivity contribution in [1.29, 1.82) is 0 Å². The van der Waals surface area contributed by atoms with Gasteiger partial charge in [0.1, 0.15) is 6.42 Å². The number of carbonyl (C=O) groups excluding carboxylic acids is 2. The number of carboxylic acid groups (broad SMARTS) is 2. The van der Waals surface area contributed by atoms with Gasteiger partial charge in [0.05, 0.1) is 36.2 Å². The highest BCUT2D eigenvalue weighted by molar-refractivity contribution is 6.22. The van der Waals surface area contributed by atoms with Crippen LogP contribution in [0.1, 0.15) is 27.9 Å². The summed E-state index contributed by atoms with van der Waals surface area (Å²) >= 11 is 0. The largest absolute Gasteiger partial charge is 0.494 e. The van der Waals surface area contributed by atoms with Crippen LogP contribution in [0.4, 0.5) is 11.4 Å². The molecule has 0 unspecified atom stereocenters. The summed E-state index contributed by atoms with van der Waals surface area (Å²) in [6, 6.07) is 22.2. The molecule has 3 aromatic carbocycles. The van der Waals surface area contributed by atoms with Gasteiger partial charge in [-0.2, -0.15) is 0 Å². The highest BCUT2D eigenvalue weighted by Crippen LogP contribution is 2.32. The molecule has 4 N–H and O–H groups in total. The number of benzene rings is 3. The molecule has 4 aromatic rings. The number of H-pyrrole nitrogens is 1. The highest BCUT2D eigenvalue weighted by Gasteiger charge is 2.21. The second-order valence-corrected chi connectivity index (χ2v) is 10.9. The van der Waals surface area contributed by atoms with Crippen molar-refractivity contribution in [3.05, 3.63) is 89.5 Å². The van der Waals surface area contributed by atoms with Gasteiger partial charge in [0.15, 0.2) is 5.88 Å². The average molecular weight is 644 g/mol. The first-order valence-corrected chi connectivity index (χ1v) is 14.8. The Morgan fingerprint density at radius 3 is 2.11 bits per heavy atom. The monoisotopic (exact) mass is 643 g/mol. The first kappa shape index (κ1) is 34.3. The molecule has 2 heterocycles. The number of aromatic amines is 1. The Balaban J connectivity index is 0.000000644. The molecule has 1 saturated heterocycles. The molecule has 0 atom stereocenters. The van der Waals surface area contributed by atoms with Crippen molar-refractivity contribution in [1.82, 2.24) is 14.8 Å². The summed E-state index contributed by atoms with van der Waals surface area (Å²) in [5.74, 6) is -3.09. The van der Waals surface area contributed by atoms with E-state index in [4.69, 9.17) is 19.9 Å². The second-order valence-electron chi connectivity index (χ2n) is 10.9. The third-order valence-electron chi connectivity index (χ3n) is 7.59. The number of anilines is 1. The van der Waals surface area contributed by atoms with Gasteiger partial charge in [-0.25, -0.2) is 9.79 Å². The van der Waals surface area contributed by atoms with Crippen molar-refractivity contribution in [3.8, 4) is 5.88 Å². The number of piperazine rings is 1. The number of hydrogen-bond acceptors (Lipinski definition) is 9. The maximum absolute atomic E-state index is 12.9. The number of aromatic hydroxyl groups is 1. The van der Waals surface area contributed by atoms with Gasteiger partial charge in [-0.15, -0.1) is 0 Å². The molecule has 1 aromatic heterocycles. The van der Waals surface area contributed by atoms with Gasteiger partial charge in [0.2, 0.25) is 5.91 Å². The van der Waals surface area contributed by atoms with E-state index in [-0.39, 0.29) is 11.8 Å². The number of methoxy groups -OCH3 is 1. The fourth-order valence-corrected chi connectivity index (χ4v) is 4.99. The summed E-state index contributed by atoms with van der Waals surface area (Å²) in [6.07, 6.45) is -0.806. The van der Waals surface area contributed by atoms with Crippen molar-refractivity contribution < 1.29 is 39.2 Å². The number of carboxylic acids is 2. The lowest BCUT2D eigenvalue weighted by Gasteiger charge is -2.32. The van der Waals surface area contributed by atoms with E-state index in [1.807, 2.05) is 54.6 Å². The fraction of sp³-hybridized carbons (Fsp3) is 0.265. The van der Waals surface area contributed by atoms with Crippen LogP contribution in [-0.2, 0) is 19.1 Å². The number of fused-ring (bicyclic) bond motifs is 1. The maximum Gasteiger partial charge on any atom is 0.337 e. The van der Waals surface area contributed by atoms with Crippen LogP contribution in [0.15, 0.2) is 77.8 Å². The van der Waals surface area contributed by atoms with Gasteiger partial charge in [-0.1, -0.05) is 36.4 Å². The first-order valence-electron chi connectivity index (χ1n) is 14.8. The number of nitrogens with one attached hydrogen (secondary N) is 1. The number of rotatable bonds is 9. The number of nitrogens with zero attached hydrogens (tertiary/aromatic N) is 4. The molecule has 0 radical (unpaired) electrons. The van der Waals surface area contributed by atoms with Crippen LogP contribution >= 0.6 is 0 Å². The Hall–Kier alpha value is -5.53. The molecule has 1 amide bonds. The summed E-state index contributed by atoms with van der Waals surface area (Å²) in [5.41, 5.74) is 4.34. The zero-order valence-corrected chi connectivity index (χ0v) is 26.3. The number of aromatic nitrogens is 1. The number of amides is 1. The van der Waals surface area contributed by atoms with Crippen LogP contribution in [0.25, 0.3) is 10.9 Å². The van der Waals surface area contributed by atoms with Gasteiger partial charge >= 0.3 is 17.9 Å². The quantitative estimate of drug-likeness (QED) is 0.120. The molecule has 1 aliphatic rings. The van der Waals surface area contributed by atoms with E-state index in [9.17, 15) is 24.3 Å². The van der Waals surface area contributed by atoms with Crippen LogP contribution in [0.2, 0.25) is 0 Å². The van der Waals surface area contributed by atoms with Crippen molar-refractivity contribution in [3.63, 3.8) is 0 Å². The van der Waals surface area contributed by atoms with Gasteiger partial charge in [-0.3, -0.25) is 19.3 Å². The molecule has 1 aliphatic heterocycles. The van der Waals surface area contributed by atoms with Gasteiger partial charge in [0, 0.05) is 55.4 Å². The summed E-state index contributed by atoms with van der Waals surface area (Å²) < 4.78 is 4.83. The molecule has 0 aliphatic carbocycles. The molecule has 13 heteroatoms. The molecule has 1 fully saturated rings. The van der Waals surface area contributed by atoms with E-state index >= 15 is 0 Å². The zero-order chi connectivity index (χ0) is 34.1. The standard InChI is InChI=1S/C31H33N5O4.C3H4O4/c1-34-15-17-36(18-16-34)20-27(37)35(2)24-12-10-23(11-13-24)32-29(21-7-5-4-6-8-21)28-25-14-9-22(31(39)40-3)19-26(25)33-30(28)38;4-2(5)1-3(6)7/h4-14,19,33,38H,15-18,20H2,1-3H3;1H2,(H,4,5)(H,6,7). The predicted octanol–water partition coefficient (Wildman–Crippen LogP) is 3.59. The normalized spacial score (nSPS) is 13.8. The van der Waals surface area contributed by atoms with E-state index in [0.717, 1.165) is 42.8 Å². The number of aliphatic imine (C=N–C) groups is 1. The van der Waals surface area contributed by atoms with E-state index < -0.39 is 24.3 Å². The topological polar surface area (TPSA) is 176 Å². The first-order chi connectivity index (χ1) is 22.5. The van der Waals surface area contributed by atoms with Crippen molar-refractivity contribution >= 4 is 51.8 Å². The van der Waals surface area contributed by atoms with E-state index in [2.05, 4.69) is 21.8 Å². The number of likely N-dealkylation sites (N-methyl/N-ethyl adjacent to an activating group) is 2. The lowest BCUT2D eigenvalue weighted by molar-refractivity contribution is -0.147. The van der Waals surface area contributed by atoms with Crippen molar-refractivity contribution in [2.24, 2.45) is 4.99 Å². The summed E-state index contributed by atoms with van der Waals surface area (Å²) in [4.78, 5) is 57.8. The smallest absolute Gasteiger partial charge is 0.337 e. The summed E-state index contributed by atoms with van der Waals surface area (Å²) in [5, 5.41) is 27.1. The predicted molar refractivity (Wildman–Crippen MR) is 177 cm³/mol. The van der Waals surface area contributed by atoms with Crippen LogP contribution < -0.4 is 4.90 Å². The van der Waals surface area contributed by atoms with Gasteiger partial charge in [0.25, 0.3) is 0 Å². The molecular formula is C34H37N5O8. The Labute approximate surface area is 271 Å². The number of carbonyl (C=O) groups is 4. The molecule has 0 bridgehead atoms. The maximum atomic E-state index is 12.9. The van der Waals surface area contributed by atoms with Crippen LogP contribution in [0.3, 0.4) is 0 Å².